The van der Waals surface area contributed by atoms with Crippen LogP contribution >= 0.6 is 0 Å². The number of para-hydroxylation sites is 2. The van der Waals surface area contributed by atoms with Crippen LogP contribution in [0.1, 0.15) is 43.0 Å². The van der Waals surface area contributed by atoms with Crippen LogP contribution < -0.4 is 15.4 Å². The van der Waals surface area contributed by atoms with Crippen LogP contribution in [0.5, 0.6) is 0 Å². The highest BCUT2D eigenvalue weighted by Crippen LogP contribution is 2.29. The van der Waals surface area contributed by atoms with E-state index < -0.39 is 26.8 Å². The normalized spacial score (nSPS) is 10.9. The molecule has 0 unspecified atom stereocenters. The smallest absolute Gasteiger partial charge is 0.293 e. The minimum atomic E-state index is -4.25. The first-order valence-corrected chi connectivity index (χ1v) is 12.8. The molecule has 3 aromatic carbocycles. The van der Waals surface area contributed by atoms with Crippen molar-refractivity contribution in [1.29, 1.82) is 0 Å². The maximum Gasteiger partial charge on any atom is 0.293 e. The fraction of sp³-hybridized carbons (Fsp3) is 0.200. The number of nitrogens with zero attached hydrogens (tertiary/aromatic N) is 1. The first kappa shape index (κ1) is 26.4. The third kappa shape index (κ3) is 6.89. The SMILES string of the molecule is CCCCCC(=O)NS(=O)(=O)c1ccccc1NC(=O)c1ccc(Nc2ccccc2)c([N+](=O)[O-])c1. The fourth-order valence-corrected chi connectivity index (χ4v) is 4.57. The Hall–Kier alpha value is -4.25. The molecule has 0 aliphatic carbocycles. The Morgan fingerprint density at radius 3 is 2.31 bits per heavy atom. The number of nitro benzene ring substituents is 1. The predicted molar refractivity (Wildman–Crippen MR) is 137 cm³/mol. The van der Waals surface area contributed by atoms with Gasteiger partial charge in [0.05, 0.1) is 10.6 Å². The summed E-state index contributed by atoms with van der Waals surface area (Å²) < 4.78 is 27.6. The van der Waals surface area contributed by atoms with E-state index in [0.717, 1.165) is 18.9 Å². The van der Waals surface area contributed by atoms with E-state index in [1.165, 1.54) is 36.4 Å². The Bertz CT molecular complexity index is 1360. The fourth-order valence-electron chi connectivity index (χ4n) is 3.40. The van der Waals surface area contributed by atoms with Crippen LogP contribution in [0, 0.1) is 10.1 Å². The maximum absolute atomic E-state index is 12.9. The number of nitrogens with one attached hydrogen (secondary N) is 3. The average Bonchev–Trinajstić information content (AvgIpc) is 2.85. The summed E-state index contributed by atoms with van der Waals surface area (Å²) in [5.41, 5.74) is 0.388. The highest BCUT2D eigenvalue weighted by molar-refractivity contribution is 7.90. The van der Waals surface area contributed by atoms with Crippen molar-refractivity contribution in [3.8, 4) is 0 Å². The Kier molecular flexibility index (Phi) is 8.74. The second-order valence-electron chi connectivity index (χ2n) is 7.92. The number of hydrogen-bond acceptors (Lipinski definition) is 7. The molecular formula is C25H26N4O6S. The van der Waals surface area contributed by atoms with Crippen LogP contribution in [-0.2, 0) is 14.8 Å². The van der Waals surface area contributed by atoms with Gasteiger partial charge in [-0.1, -0.05) is 50.1 Å². The molecule has 3 N–H and O–H groups in total. The van der Waals surface area contributed by atoms with Crippen LogP contribution in [-0.4, -0.2) is 25.2 Å². The number of amides is 2. The highest BCUT2D eigenvalue weighted by Gasteiger charge is 2.23. The van der Waals surface area contributed by atoms with E-state index in [1.54, 1.807) is 24.3 Å². The molecule has 0 heterocycles. The molecule has 0 aliphatic rings. The third-order valence-electron chi connectivity index (χ3n) is 5.19. The quantitative estimate of drug-likeness (QED) is 0.187. The van der Waals surface area contributed by atoms with Gasteiger partial charge in [-0.25, -0.2) is 13.1 Å². The minimum Gasteiger partial charge on any atom is -0.350 e. The van der Waals surface area contributed by atoms with Gasteiger partial charge in [0.15, 0.2) is 0 Å². The van der Waals surface area contributed by atoms with Gasteiger partial charge in [0.25, 0.3) is 21.6 Å². The maximum atomic E-state index is 12.9. The van der Waals surface area contributed by atoms with E-state index in [-0.39, 0.29) is 33.9 Å². The van der Waals surface area contributed by atoms with Gasteiger partial charge in [-0.2, -0.15) is 0 Å². The van der Waals surface area contributed by atoms with Gasteiger partial charge in [0.2, 0.25) is 5.91 Å². The zero-order valence-corrected chi connectivity index (χ0v) is 20.4. The van der Waals surface area contributed by atoms with Crippen LogP contribution in [0.2, 0.25) is 0 Å². The number of carbonyl (C=O) groups is 2. The summed E-state index contributed by atoms with van der Waals surface area (Å²) in [4.78, 5) is 35.7. The van der Waals surface area contributed by atoms with Gasteiger partial charge < -0.3 is 10.6 Å². The Labute approximate surface area is 208 Å². The topological polar surface area (TPSA) is 148 Å². The van der Waals surface area contributed by atoms with Crippen molar-refractivity contribution in [2.24, 2.45) is 0 Å². The van der Waals surface area contributed by atoms with Gasteiger partial charge in [-0.3, -0.25) is 19.7 Å². The van der Waals surface area contributed by atoms with Crippen molar-refractivity contribution >= 4 is 44.6 Å². The molecule has 3 aromatic rings. The molecule has 0 saturated carbocycles. The van der Waals surface area contributed by atoms with E-state index in [1.807, 2.05) is 17.7 Å². The van der Waals surface area contributed by atoms with E-state index in [0.29, 0.717) is 12.1 Å². The lowest BCUT2D eigenvalue weighted by molar-refractivity contribution is -0.383. The van der Waals surface area contributed by atoms with Crippen LogP contribution in [0.4, 0.5) is 22.7 Å². The van der Waals surface area contributed by atoms with Gasteiger partial charge in [-0.05, 0) is 42.8 Å². The van der Waals surface area contributed by atoms with Crippen molar-refractivity contribution in [1.82, 2.24) is 4.72 Å². The van der Waals surface area contributed by atoms with Crippen LogP contribution in [0.15, 0.2) is 77.7 Å². The molecule has 0 spiro atoms. The Morgan fingerprint density at radius 2 is 1.61 bits per heavy atom. The van der Waals surface area contributed by atoms with Gasteiger partial charge >= 0.3 is 0 Å². The summed E-state index contributed by atoms with van der Waals surface area (Å²) in [5.74, 6) is -1.39. The molecule has 0 saturated heterocycles. The molecule has 0 aromatic heterocycles. The first-order chi connectivity index (χ1) is 17.2. The zero-order chi connectivity index (χ0) is 26.1. The van der Waals surface area contributed by atoms with Crippen molar-refractivity contribution < 1.29 is 22.9 Å². The summed E-state index contributed by atoms with van der Waals surface area (Å²) in [7, 11) is -4.25. The molecule has 188 valence electrons. The predicted octanol–water partition coefficient (Wildman–Crippen LogP) is 4.98. The monoisotopic (exact) mass is 510 g/mol. The van der Waals surface area contributed by atoms with E-state index in [4.69, 9.17) is 0 Å². The standard InChI is InChI=1S/C25H26N4O6S/c1-2-3-5-14-24(30)28-36(34,35)23-13-9-8-12-21(23)27-25(31)18-15-16-20(22(17-18)29(32)33)26-19-10-6-4-7-11-19/h4,6-13,15-17,26H,2-3,5,14H2,1H3,(H,27,31)(H,28,30). The molecule has 0 bridgehead atoms. The molecule has 10 nitrogen and oxygen atoms in total. The Morgan fingerprint density at radius 1 is 0.917 bits per heavy atom. The molecule has 3 rings (SSSR count). The average molecular weight is 511 g/mol. The number of rotatable bonds is 11. The van der Waals surface area contributed by atoms with E-state index >= 15 is 0 Å². The summed E-state index contributed by atoms with van der Waals surface area (Å²) in [6.07, 6.45) is 2.31. The van der Waals surface area contributed by atoms with Gasteiger partial charge in [-0.15, -0.1) is 0 Å². The molecular weight excluding hydrogens is 484 g/mol. The number of benzene rings is 3. The second kappa shape index (κ2) is 11.9. The van der Waals surface area contributed by atoms with Gasteiger partial charge in [0.1, 0.15) is 10.6 Å². The van der Waals surface area contributed by atoms with Crippen molar-refractivity contribution in [3.05, 3.63) is 88.5 Å². The van der Waals surface area contributed by atoms with Crippen molar-refractivity contribution in [2.75, 3.05) is 10.6 Å². The molecule has 0 radical (unpaired) electrons. The summed E-state index contributed by atoms with van der Waals surface area (Å²) in [6.45, 7) is 1.97. The molecule has 36 heavy (non-hydrogen) atoms. The number of sulfonamides is 1. The number of hydrogen-bond donors (Lipinski definition) is 3. The van der Waals surface area contributed by atoms with E-state index in [9.17, 15) is 28.1 Å². The molecule has 0 fully saturated rings. The number of nitro groups is 1. The summed E-state index contributed by atoms with van der Waals surface area (Å²) in [6, 6.07) is 18.3. The number of anilines is 3. The van der Waals surface area contributed by atoms with Crippen LogP contribution in [0.3, 0.4) is 0 Å². The summed E-state index contributed by atoms with van der Waals surface area (Å²) in [5, 5.41) is 17.1. The highest BCUT2D eigenvalue weighted by atomic mass is 32.2. The summed E-state index contributed by atoms with van der Waals surface area (Å²) >= 11 is 0. The first-order valence-electron chi connectivity index (χ1n) is 11.3. The lowest BCUT2D eigenvalue weighted by Crippen LogP contribution is -2.31. The van der Waals surface area contributed by atoms with E-state index in [2.05, 4.69) is 10.6 Å². The van der Waals surface area contributed by atoms with Gasteiger partial charge in [0, 0.05) is 23.7 Å². The zero-order valence-electron chi connectivity index (χ0n) is 19.6. The molecule has 0 aliphatic heterocycles. The van der Waals surface area contributed by atoms with Crippen molar-refractivity contribution in [2.45, 2.75) is 37.5 Å². The third-order valence-corrected chi connectivity index (χ3v) is 6.62. The number of carbonyl (C=O) groups excluding carboxylic acids is 2. The largest absolute Gasteiger partial charge is 0.350 e. The minimum absolute atomic E-state index is 0.0453. The lowest BCUT2D eigenvalue weighted by Gasteiger charge is -2.13. The second-order valence-corrected chi connectivity index (χ2v) is 9.57. The molecule has 11 heteroatoms. The van der Waals surface area contributed by atoms with Crippen LogP contribution in [0.25, 0.3) is 0 Å². The molecule has 0 atom stereocenters. The Balaban J connectivity index is 1.82. The number of unbranched alkanes of at least 4 members (excludes halogenated alkanes) is 2. The van der Waals surface area contributed by atoms with Crippen molar-refractivity contribution in [3.63, 3.8) is 0 Å². The molecule has 2 amide bonds. The lowest BCUT2D eigenvalue weighted by atomic mass is 10.1.